The van der Waals surface area contributed by atoms with Crippen molar-refractivity contribution < 1.29 is 5.11 Å². The summed E-state index contributed by atoms with van der Waals surface area (Å²) >= 11 is 7.47. The van der Waals surface area contributed by atoms with E-state index in [2.05, 4.69) is 6.07 Å². The van der Waals surface area contributed by atoms with Crippen molar-refractivity contribution in [1.29, 1.82) is 5.26 Å². The monoisotopic (exact) mass is 239 g/mol. The Hall–Kier alpha value is -0.690. The minimum Gasteiger partial charge on any atom is -0.393 e. The number of aliphatic hydroxyl groups is 1. The fraction of sp³-hybridized carbons (Fsp3) is 0.364. The maximum atomic E-state index is 9.26. The normalized spacial score (nSPS) is 29.3. The van der Waals surface area contributed by atoms with Gasteiger partial charge in [-0.15, -0.1) is 11.8 Å². The summed E-state index contributed by atoms with van der Waals surface area (Å²) in [6, 6.07) is 9.73. The Bertz CT molecular complexity index is 409. The summed E-state index contributed by atoms with van der Waals surface area (Å²) in [7, 11) is 0. The van der Waals surface area contributed by atoms with Crippen LogP contribution in [0.25, 0.3) is 0 Å². The Labute approximate surface area is 97.9 Å². The molecule has 1 fully saturated rings. The summed E-state index contributed by atoms with van der Waals surface area (Å²) in [6.45, 7) is 0. The van der Waals surface area contributed by atoms with E-state index in [0.717, 1.165) is 4.90 Å². The van der Waals surface area contributed by atoms with Crippen LogP contribution in [-0.2, 0) is 0 Å². The lowest BCUT2D eigenvalue weighted by Gasteiger charge is -2.38. The van der Waals surface area contributed by atoms with Gasteiger partial charge in [0.1, 0.15) is 4.75 Å². The summed E-state index contributed by atoms with van der Waals surface area (Å²) in [5.74, 6) is 0. The Morgan fingerprint density at radius 1 is 1.47 bits per heavy atom. The van der Waals surface area contributed by atoms with Gasteiger partial charge in [0, 0.05) is 17.7 Å². The number of hydrogen-bond acceptors (Lipinski definition) is 3. The molecule has 0 aromatic heterocycles. The Morgan fingerprint density at radius 3 is 2.67 bits per heavy atom. The highest BCUT2D eigenvalue weighted by atomic mass is 35.5. The third kappa shape index (κ3) is 2.12. The first-order chi connectivity index (χ1) is 7.15. The van der Waals surface area contributed by atoms with Crippen LogP contribution in [0.15, 0.2) is 29.2 Å². The molecule has 0 atom stereocenters. The number of nitrogens with zero attached hydrogens (tertiary/aromatic N) is 1. The van der Waals surface area contributed by atoms with Crippen LogP contribution in [0.1, 0.15) is 12.8 Å². The summed E-state index contributed by atoms with van der Waals surface area (Å²) in [5.41, 5.74) is 0. The fourth-order valence-corrected chi connectivity index (χ4v) is 3.22. The van der Waals surface area contributed by atoms with Crippen molar-refractivity contribution in [3.8, 4) is 6.07 Å². The lowest BCUT2D eigenvalue weighted by Crippen LogP contribution is -2.43. The molecular formula is C11H10ClNOS. The van der Waals surface area contributed by atoms with Gasteiger partial charge in [-0.1, -0.05) is 23.7 Å². The molecular weight excluding hydrogens is 230 g/mol. The van der Waals surface area contributed by atoms with Crippen LogP contribution < -0.4 is 0 Å². The van der Waals surface area contributed by atoms with Crippen LogP contribution >= 0.6 is 23.4 Å². The van der Waals surface area contributed by atoms with Gasteiger partial charge in [0.05, 0.1) is 17.2 Å². The van der Waals surface area contributed by atoms with E-state index in [-0.39, 0.29) is 6.10 Å². The Kier molecular flexibility index (Phi) is 2.92. The second-order valence-electron chi connectivity index (χ2n) is 3.70. The van der Waals surface area contributed by atoms with Gasteiger partial charge < -0.3 is 5.11 Å². The van der Waals surface area contributed by atoms with Crippen LogP contribution in [0, 0.1) is 11.3 Å². The molecule has 0 bridgehead atoms. The van der Waals surface area contributed by atoms with E-state index in [1.165, 1.54) is 11.8 Å². The maximum Gasteiger partial charge on any atom is 0.112 e. The molecule has 1 aromatic rings. The van der Waals surface area contributed by atoms with Gasteiger partial charge >= 0.3 is 0 Å². The van der Waals surface area contributed by atoms with E-state index >= 15 is 0 Å². The minimum atomic E-state index is -0.482. The lowest BCUT2D eigenvalue weighted by atomic mass is 9.82. The molecule has 78 valence electrons. The van der Waals surface area contributed by atoms with Gasteiger partial charge in [-0.3, -0.25) is 0 Å². The van der Waals surface area contributed by atoms with Crippen molar-refractivity contribution in [3.05, 3.63) is 29.3 Å². The smallest absolute Gasteiger partial charge is 0.112 e. The number of aliphatic hydroxyl groups excluding tert-OH is 1. The van der Waals surface area contributed by atoms with Crippen molar-refractivity contribution in [2.75, 3.05) is 0 Å². The fourth-order valence-electron chi connectivity index (χ4n) is 1.64. The number of benzene rings is 1. The van der Waals surface area contributed by atoms with Gasteiger partial charge in [0.25, 0.3) is 0 Å². The number of halogens is 1. The standard InChI is InChI=1S/C11H10ClNOS/c12-9-3-1-2-4-10(9)15-11(7-13)5-8(14)6-11/h1-4,8,14H,5-6H2. The van der Waals surface area contributed by atoms with Crippen molar-refractivity contribution >= 4 is 23.4 Å². The van der Waals surface area contributed by atoms with Crippen molar-refractivity contribution in [2.24, 2.45) is 0 Å². The van der Waals surface area contributed by atoms with Gasteiger partial charge in [0.15, 0.2) is 0 Å². The predicted molar refractivity (Wildman–Crippen MR) is 60.9 cm³/mol. The third-order valence-electron chi connectivity index (χ3n) is 2.48. The highest BCUT2D eigenvalue weighted by Crippen LogP contribution is 2.48. The van der Waals surface area contributed by atoms with E-state index < -0.39 is 4.75 Å². The topological polar surface area (TPSA) is 44.0 Å². The summed E-state index contributed by atoms with van der Waals surface area (Å²) in [4.78, 5) is 0.910. The molecule has 2 nitrogen and oxygen atoms in total. The average Bonchev–Trinajstić information content (AvgIpc) is 2.18. The van der Waals surface area contributed by atoms with E-state index in [0.29, 0.717) is 17.9 Å². The van der Waals surface area contributed by atoms with Gasteiger partial charge in [-0.05, 0) is 12.1 Å². The third-order valence-corrected chi connectivity index (χ3v) is 4.31. The second kappa shape index (κ2) is 4.05. The zero-order valence-electron chi connectivity index (χ0n) is 7.98. The van der Waals surface area contributed by atoms with E-state index in [1.807, 2.05) is 24.3 Å². The molecule has 1 aliphatic rings. The zero-order chi connectivity index (χ0) is 10.9. The summed E-state index contributed by atoms with van der Waals surface area (Å²) in [5, 5.41) is 19.0. The maximum absolute atomic E-state index is 9.26. The van der Waals surface area contributed by atoms with E-state index in [9.17, 15) is 5.11 Å². The molecule has 0 saturated heterocycles. The zero-order valence-corrected chi connectivity index (χ0v) is 9.55. The highest BCUT2D eigenvalue weighted by molar-refractivity contribution is 8.01. The molecule has 0 amide bonds. The molecule has 2 rings (SSSR count). The van der Waals surface area contributed by atoms with Crippen molar-refractivity contribution in [2.45, 2.75) is 28.6 Å². The summed E-state index contributed by atoms with van der Waals surface area (Å²) in [6.07, 6.45) is 0.721. The first-order valence-electron chi connectivity index (χ1n) is 4.68. The van der Waals surface area contributed by atoms with Gasteiger partial charge in [0.2, 0.25) is 0 Å². The number of nitriles is 1. The molecule has 1 saturated carbocycles. The van der Waals surface area contributed by atoms with Crippen LogP contribution in [0.3, 0.4) is 0 Å². The Morgan fingerprint density at radius 2 is 2.13 bits per heavy atom. The average molecular weight is 240 g/mol. The quantitative estimate of drug-likeness (QED) is 0.863. The van der Waals surface area contributed by atoms with Gasteiger partial charge in [-0.25, -0.2) is 0 Å². The molecule has 0 heterocycles. The largest absolute Gasteiger partial charge is 0.393 e. The molecule has 0 aliphatic heterocycles. The molecule has 1 N–H and O–H groups in total. The molecule has 0 spiro atoms. The SMILES string of the molecule is N#CC1(Sc2ccccc2Cl)CC(O)C1. The molecule has 0 radical (unpaired) electrons. The molecule has 4 heteroatoms. The minimum absolute atomic E-state index is 0.334. The number of hydrogen-bond donors (Lipinski definition) is 1. The highest BCUT2D eigenvalue weighted by Gasteiger charge is 2.45. The second-order valence-corrected chi connectivity index (χ2v) is 5.53. The molecule has 15 heavy (non-hydrogen) atoms. The van der Waals surface area contributed by atoms with Crippen molar-refractivity contribution in [3.63, 3.8) is 0 Å². The molecule has 0 unspecified atom stereocenters. The number of thioether (sulfide) groups is 1. The van der Waals surface area contributed by atoms with E-state index in [1.54, 1.807) is 0 Å². The first kappa shape index (κ1) is 10.8. The lowest BCUT2D eigenvalue weighted by molar-refractivity contribution is 0.0803. The molecule has 1 aromatic carbocycles. The van der Waals surface area contributed by atoms with Gasteiger partial charge in [-0.2, -0.15) is 5.26 Å². The van der Waals surface area contributed by atoms with Crippen LogP contribution in [0.5, 0.6) is 0 Å². The number of rotatable bonds is 2. The predicted octanol–water partition coefficient (Wildman–Crippen LogP) is 2.85. The van der Waals surface area contributed by atoms with Crippen LogP contribution in [0.2, 0.25) is 5.02 Å². The molecule has 1 aliphatic carbocycles. The first-order valence-corrected chi connectivity index (χ1v) is 5.87. The Balaban J connectivity index is 2.16. The van der Waals surface area contributed by atoms with Crippen LogP contribution in [0.4, 0.5) is 0 Å². The van der Waals surface area contributed by atoms with E-state index in [4.69, 9.17) is 16.9 Å². The van der Waals surface area contributed by atoms with Crippen LogP contribution in [-0.4, -0.2) is 16.0 Å². The summed E-state index contributed by atoms with van der Waals surface area (Å²) < 4.78 is -0.482. The van der Waals surface area contributed by atoms with Crippen molar-refractivity contribution in [1.82, 2.24) is 0 Å².